The molecule has 2 rings (SSSR count). The third kappa shape index (κ3) is 2.28. The molecule has 1 fully saturated rings. The summed E-state index contributed by atoms with van der Waals surface area (Å²) in [7, 11) is 0. The number of ether oxygens (including phenoxy) is 1. The normalized spacial score (nSPS) is 20.8. The van der Waals surface area contributed by atoms with Crippen molar-refractivity contribution in [1.29, 1.82) is 0 Å². The van der Waals surface area contributed by atoms with E-state index in [2.05, 4.69) is 5.32 Å². The number of ketones is 1. The van der Waals surface area contributed by atoms with Crippen LogP contribution >= 0.6 is 0 Å². The number of benzene rings is 1. The molecule has 16 heavy (non-hydrogen) atoms. The molecule has 0 spiro atoms. The van der Waals surface area contributed by atoms with Gasteiger partial charge in [0.2, 0.25) is 0 Å². The number of halogens is 1. The second-order valence-corrected chi connectivity index (χ2v) is 3.93. The molecule has 0 amide bonds. The van der Waals surface area contributed by atoms with Crippen molar-refractivity contribution in [3.8, 4) is 0 Å². The minimum Gasteiger partial charge on any atom is -0.378 e. The number of carbonyl (C=O) groups excluding carboxylic acids is 1. The van der Waals surface area contributed by atoms with Gasteiger partial charge in [-0.15, -0.1) is 0 Å². The van der Waals surface area contributed by atoms with E-state index in [1.54, 1.807) is 12.1 Å². The van der Waals surface area contributed by atoms with Crippen LogP contribution in [-0.2, 0) is 4.74 Å². The Kier molecular flexibility index (Phi) is 3.31. The first kappa shape index (κ1) is 11.2. The van der Waals surface area contributed by atoms with E-state index >= 15 is 0 Å². The first-order valence-electron chi connectivity index (χ1n) is 5.30. The Morgan fingerprint density at radius 1 is 1.56 bits per heavy atom. The summed E-state index contributed by atoms with van der Waals surface area (Å²) in [4.78, 5) is 12.0. The molecule has 1 N–H and O–H groups in total. The zero-order valence-electron chi connectivity index (χ0n) is 9.13. The van der Waals surface area contributed by atoms with E-state index in [9.17, 15) is 9.18 Å². The number of aryl methyl sites for hydroxylation is 1. The van der Waals surface area contributed by atoms with E-state index < -0.39 is 11.9 Å². The maximum Gasteiger partial charge on any atom is 0.185 e. The molecule has 0 radical (unpaired) electrons. The van der Waals surface area contributed by atoms with Crippen LogP contribution in [0.15, 0.2) is 18.2 Å². The molecule has 0 saturated carbocycles. The molecule has 3 nitrogen and oxygen atoms in total. The molecule has 1 unspecified atom stereocenters. The summed E-state index contributed by atoms with van der Waals surface area (Å²) in [6, 6.07) is 4.13. The molecule has 1 aromatic carbocycles. The monoisotopic (exact) mass is 223 g/mol. The Hall–Kier alpha value is -1.26. The van der Waals surface area contributed by atoms with Gasteiger partial charge < -0.3 is 10.1 Å². The van der Waals surface area contributed by atoms with Crippen LogP contribution in [-0.4, -0.2) is 31.6 Å². The number of Topliss-reactive ketones (excluding diaryl/α,β-unsaturated/α-hetero) is 1. The Labute approximate surface area is 93.6 Å². The first-order valence-corrected chi connectivity index (χ1v) is 5.30. The molecular formula is C12H14FNO2. The fourth-order valence-electron chi connectivity index (χ4n) is 1.75. The lowest BCUT2D eigenvalue weighted by Crippen LogP contribution is -2.46. The van der Waals surface area contributed by atoms with Crippen molar-refractivity contribution in [3.63, 3.8) is 0 Å². The minimum absolute atomic E-state index is 0.142. The molecular weight excluding hydrogens is 209 g/mol. The number of hydrogen-bond acceptors (Lipinski definition) is 3. The summed E-state index contributed by atoms with van der Waals surface area (Å²) < 4.78 is 18.7. The van der Waals surface area contributed by atoms with Gasteiger partial charge >= 0.3 is 0 Å². The summed E-state index contributed by atoms with van der Waals surface area (Å²) in [5, 5.41) is 3.02. The zero-order valence-corrected chi connectivity index (χ0v) is 9.13. The number of carbonyl (C=O) groups is 1. The van der Waals surface area contributed by atoms with Crippen LogP contribution < -0.4 is 5.32 Å². The highest BCUT2D eigenvalue weighted by molar-refractivity contribution is 6.00. The first-order chi connectivity index (χ1) is 7.68. The van der Waals surface area contributed by atoms with Crippen molar-refractivity contribution in [1.82, 2.24) is 5.32 Å². The summed E-state index contributed by atoms with van der Waals surface area (Å²) in [6.45, 7) is 3.37. The van der Waals surface area contributed by atoms with Gasteiger partial charge in [-0.05, 0) is 19.1 Å². The molecule has 1 aliphatic rings. The fourth-order valence-corrected chi connectivity index (χ4v) is 1.75. The number of hydrogen-bond donors (Lipinski definition) is 1. The molecule has 0 aromatic heterocycles. The van der Waals surface area contributed by atoms with Gasteiger partial charge in [-0.25, -0.2) is 4.39 Å². The number of morpholine rings is 1. The van der Waals surface area contributed by atoms with E-state index in [-0.39, 0.29) is 11.3 Å². The van der Waals surface area contributed by atoms with Crippen molar-refractivity contribution >= 4 is 5.78 Å². The molecule has 4 heteroatoms. The highest BCUT2D eigenvalue weighted by Gasteiger charge is 2.24. The van der Waals surface area contributed by atoms with Gasteiger partial charge in [0.25, 0.3) is 0 Å². The van der Waals surface area contributed by atoms with Gasteiger partial charge in [0.1, 0.15) is 5.82 Å². The highest BCUT2D eigenvalue weighted by Crippen LogP contribution is 2.13. The standard InChI is InChI=1S/C12H14FNO2/c1-8-2-3-10(13)9(6-8)12(15)11-7-16-5-4-14-11/h2-3,6,11,14H,4-5,7H2,1H3. The highest BCUT2D eigenvalue weighted by atomic mass is 19.1. The lowest BCUT2D eigenvalue weighted by molar-refractivity contribution is 0.0605. The minimum atomic E-state index is -0.469. The van der Waals surface area contributed by atoms with Gasteiger partial charge in [-0.1, -0.05) is 11.6 Å². The predicted molar refractivity (Wildman–Crippen MR) is 58.1 cm³/mol. The molecule has 0 bridgehead atoms. The second kappa shape index (κ2) is 4.72. The van der Waals surface area contributed by atoms with Crippen LogP contribution in [0.3, 0.4) is 0 Å². The van der Waals surface area contributed by atoms with E-state index in [1.807, 2.05) is 6.92 Å². The largest absolute Gasteiger partial charge is 0.378 e. The van der Waals surface area contributed by atoms with Crippen LogP contribution in [0.5, 0.6) is 0 Å². The SMILES string of the molecule is Cc1ccc(F)c(C(=O)C2COCCN2)c1. The molecule has 1 saturated heterocycles. The molecule has 0 aliphatic carbocycles. The van der Waals surface area contributed by atoms with Gasteiger partial charge in [0, 0.05) is 6.54 Å². The Balaban J connectivity index is 2.22. The number of nitrogens with one attached hydrogen (secondary N) is 1. The average molecular weight is 223 g/mol. The van der Waals surface area contributed by atoms with Crippen molar-refractivity contribution in [2.75, 3.05) is 19.8 Å². The summed E-state index contributed by atoms with van der Waals surface area (Å²) in [5.74, 6) is -0.705. The fraction of sp³-hybridized carbons (Fsp3) is 0.417. The van der Waals surface area contributed by atoms with Crippen molar-refractivity contribution in [3.05, 3.63) is 35.1 Å². The van der Waals surface area contributed by atoms with Crippen molar-refractivity contribution in [2.24, 2.45) is 0 Å². The predicted octanol–water partition coefficient (Wildman–Crippen LogP) is 1.31. The van der Waals surface area contributed by atoms with E-state index in [0.29, 0.717) is 19.8 Å². The van der Waals surface area contributed by atoms with E-state index in [1.165, 1.54) is 6.07 Å². The third-order valence-corrected chi connectivity index (χ3v) is 2.63. The Morgan fingerprint density at radius 3 is 3.06 bits per heavy atom. The average Bonchev–Trinajstić information content (AvgIpc) is 2.32. The third-order valence-electron chi connectivity index (χ3n) is 2.63. The number of rotatable bonds is 2. The summed E-state index contributed by atoms with van der Waals surface area (Å²) >= 11 is 0. The van der Waals surface area contributed by atoms with Gasteiger partial charge in [-0.2, -0.15) is 0 Å². The zero-order chi connectivity index (χ0) is 11.5. The smallest absolute Gasteiger partial charge is 0.185 e. The lowest BCUT2D eigenvalue weighted by atomic mass is 10.0. The molecule has 1 heterocycles. The quantitative estimate of drug-likeness (QED) is 0.768. The molecule has 1 aromatic rings. The lowest BCUT2D eigenvalue weighted by Gasteiger charge is -2.22. The Morgan fingerprint density at radius 2 is 2.38 bits per heavy atom. The van der Waals surface area contributed by atoms with Gasteiger partial charge in [0.15, 0.2) is 5.78 Å². The van der Waals surface area contributed by atoms with Crippen molar-refractivity contribution < 1.29 is 13.9 Å². The molecule has 86 valence electrons. The summed E-state index contributed by atoms with van der Waals surface area (Å²) in [5.41, 5.74) is 1.02. The van der Waals surface area contributed by atoms with Crippen LogP contribution in [0.2, 0.25) is 0 Å². The van der Waals surface area contributed by atoms with E-state index in [4.69, 9.17) is 4.74 Å². The van der Waals surface area contributed by atoms with Gasteiger partial charge in [0.05, 0.1) is 24.8 Å². The van der Waals surface area contributed by atoms with Crippen LogP contribution in [0.4, 0.5) is 4.39 Å². The topological polar surface area (TPSA) is 38.3 Å². The van der Waals surface area contributed by atoms with Crippen LogP contribution in [0.1, 0.15) is 15.9 Å². The Bertz CT molecular complexity index is 400. The van der Waals surface area contributed by atoms with Crippen molar-refractivity contribution in [2.45, 2.75) is 13.0 Å². The molecule has 1 atom stereocenters. The molecule has 1 aliphatic heterocycles. The van der Waals surface area contributed by atoms with E-state index in [0.717, 1.165) is 5.56 Å². The van der Waals surface area contributed by atoms with Gasteiger partial charge in [-0.3, -0.25) is 4.79 Å². The maximum absolute atomic E-state index is 13.5. The van der Waals surface area contributed by atoms with Crippen LogP contribution in [0.25, 0.3) is 0 Å². The summed E-state index contributed by atoms with van der Waals surface area (Å²) in [6.07, 6.45) is 0. The second-order valence-electron chi connectivity index (χ2n) is 3.93. The van der Waals surface area contributed by atoms with Crippen LogP contribution in [0, 0.1) is 12.7 Å². The maximum atomic E-state index is 13.5.